The van der Waals surface area contributed by atoms with Crippen LogP contribution < -0.4 is 10.9 Å². The lowest BCUT2D eigenvalue weighted by molar-refractivity contribution is -0.144. The molecular formula is C9H9F3N6O2. The molecule has 0 bridgehead atoms. The molecule has 0 fully saturated rings. The smallest absolute Gasteiger partial charge is 0.291 e. The summed E-state index contributed by atoms with van der Waals surface area (Å²) in [6, 6.07) is 1.01. The normalized spacial score (nSPS) is 11.7. The van der Waals surface area contributed by atoms with Crippen LogP contribution in [0.1, 0.15) is 16.3 Å². The summed E-state index contributed by atoms with van der Waals surface area (Å²) < 4.78 is 39.0. The number of alkyl halides is 3. The van der Waals surface area contributed by atoms with Crippen molar-refractivity contribution < 1.29 is 18.0 Å². The Bertz CT molecular complexity index is 710. The first kappa shape index (κ1) is 13.8. The first-order valence-corrected chi connectivity index (χ1v) is 5.24. The average molecular weight is 290 g/mol. The van der Waals surface area contributed by atoms with Crippen molar-refractivity contribution in [1.82, 2.24) is 24.5 Å². The molecule has 0 aliphatic heterocycles. The largest absolute Gasteiger partial charge is 0.453 e. The van der Waals surface area contributed by atoms with E-state index in [2.05, 4.69) is 20.5 Å². The molecule has 11 heteroatoms. The van der Waals surface area contributed by atoms with Gasteiger partial charge < -0.3 is 0 Å². The molecule has 8 nitrogen and oxygen atoms in total. The highest BCUT2D eigenvalue weighted by molar-refractivity contribution is 6.01. The molecule has 0 unspecified atom stereocenters. The van der Waals surface area contributed by atoms with Crippen molar-refractivity contribution in [3.8, 4) is 0 Å². The van der Waals surface area contributed by atoms with Gasteiger partial charge in [0.05, 0.1) is 0 Å². The number of aromatic nitrogens is 5. The Morgan fingerprint density at radius 2 is 2.05 bits per heavy atom. The number of halogens is 3. The van der Waals surface area contributed by atoms with Crippen LogP contribution in [0, 0.1) is 0 Å². The van der Waals surface area contributed by atoms with Crippen LogP contribution in [0.5, 0.6) is 0 Å². The number of aryl methyl sites for hydroxylation is 2. The maximum atomic E-state index is 12.4. The molecule has 0 aliphatic rings. The molecule has 108 valence electrons. The fraction of sp³-hybridized carbons (Fsp3) is 0.333. The van der Waals surface area contributed by atoms with Gasteiger partial charge in [0.2, 0.25) is 5.95 Å². The summed E-state index contributed by atoms with van der Waals surface area (Å²) in [4.78, 5) is 26.1. The molecule has 0 aromatic carbocycles. The van der Waals surface area contributed by atoms with Crippen LogP contribution in [-0.4, -0.2) is 30.5 Å². The van der Waals surface area contributed by atoms with Crippen LogP contribution in [0.2, 0.25) is 0 Å². The second kappa shape index (κ2) is 4.51. The number of nitrogens with zero attached hydrogens (tertiary/aromatic N) is 4. The van der Waals surface area contributed by atoms with Gasteiger partial charge in [0.1, 0.15) is 5.69 Å². The number of aromatic amines is 1. The molecule has 0 saturated heterocycles. The first-order chi connectivity index (χ1) is 9.18. The van der Waals surface area contributed by atoms with Crippen LogP contribution >= 0.6 is 0 Å². The Hall–Kier alpha value is -2.59. The SMILES string of the molecule is Cn1nc(C(F)(F)F)nc1NC(=O)c1cc(=O)n(C)[nH]1. The van der Waals surface area contributed by atoms with Gasteiger partial charge in [-0.2, -0.15) is 18.2 Å². The second-order valence-corrected chi connectivity index (χ2v) is 3.90. The highest BCUT2D eigenvalue weighted by Crippen LogP contribution is 2.26. The summed E-state index contributed by atoms with van der Waals surface area (Å²) in [5, 5.41) is 7.70. The zero-order chi connectivity index (χ0) is 15.1. The van der Waals surface area contributed by atoms with Gasteiger partial charge in [-0.15, -0.1) is 5.10 Å². The van der Waals surface area contributed by atoms with Crippen molar-refractivity contribution in [1.29, 1.82) is 0 Å². The van der Waals surface area contributed by atoms with Crippen molar-refractivity contribution in [2.75, 3.05) is 5.32 Å². The third kappa shape index (κ3) is 2.55. The predicted molar refractivity (Wildman–Crippen MR) is 60.0 cm³/mol. The summed E-state index contributed by atoms with van der Waals surface area (Å²) in [7, 11) is 2.59. The lowest BCUT2D eigenvalue weighted by atomic mass is 10.4. The topological polar surface area (TPSA) is 97.6 Å². The maximum absolute atomic E-state index is 12.4. The van der Waals surface area contributed by atoms with Gasteiger partial charge in [-0.25, -0.2) is 4.68 Å². The number of carbonyl (C=O) groups is 1. The quantitative estimate of drug-likeness (QED) is 0.820. The number of H-pyrrole nitrogens is 1. The summed E-state index contributed by atoms with van der Waals surface area (Å²) in [5.74, 6) is -2.55. The number of nitrogens with one attached hydrogen (secondary N) is 2. The fourth-order valence-corrected chi connectivity index (χ4v) is 1.39. The van der Waals surface area contributed by atoms with E-state index in [4.69, 9.17) is 0 Å². The first-order valence-electron chi connectivity index (χ1n) is 5.24. The zero-order valence-electron chi connectivity index (χ0n) is 10.3. The Kier molecular flexibility index (Phi) is 3.12. The summed E-state index contributed by atoms with van der Waals surface area (Å²) in [5.41, 5.74) is -0.557. The minimum Gasteiger partial charge on any atom is -0.291 e. The standard InChI is InChI=1S/C9H9F3N6O2/c1-17-5(19)3-4(15-17)6(20)13-8-14-7(9(10,11)12)16-18(8)2/h3,15H,1-2H3,(H,13,14,16,20). The van der Waals surface area contributed by atoms with Crippen LogP contribution in [0.15, 0.2) is 10.9 Å². The van der Waals surface area contributed by atoms with Gasteiger partial charge >= 0.3 is 6.18 Å². The third-order valence-corrected chi connectivity index (χ3v) is 2.37. The molecule has 0 atom stereocenters. The van der Waals surface area contributed by atoms with Crippen LogP contribution in [0.4, 0.5) is 19.1 Å². The highest BCUT2D eigenvalue weighted by atomic mass is 19.4. The van der Waals surface area contributed by atoms with Crippen molar-refractivity contribution >= 4 is 11.9 Å². The number of carbonyl (C=O) groups excluding carboxylic acids is 1. The Morgan fingerprint density at radius 1 is 1.40 bits per heavy atom. The zero-order valence-corrected chi connectivity index (χ0v) is 10.3. The molecule has 1 amide bonds. The van der Waals surface area contributed by atoms with Gasteiger partial charge in [-0.05, 0) is 0 Å². The van der Waals surface area contributed by atoms with Crippen LogP contribution in [-0.2, 0) is 20.3 Å². The van der Waals surface area contributed by atoms with Gasteiger partial charge in [0, 0.05) is 20.2 Å². The number of amides is 1. The van der Waals surface area contributed by atoms with E-state index < -0.39 is 23.5 Å². The van der Waals surface area contributed by atoms with Crippen molar-refractivity contribution in [2.24, 2.45) is 14.1 Å². The molecule has 0 aliphatic carbocycles. The summed E-state index contributed by atoms with van der Waals surface area (Å²) in [6.07, 6.45) is -4.71. The van der Waals surface area contributed by atoms with E-state index in [1.165, 1.54) is 14.1 Å². The Balaban J connectivity index is 2.24. The third-order valence-electron chi connectivity index (χ3n) is 2.37. The fourth-order valence-electron chi connectivity index (χ4n) is 1.39. The minimum absolute atomic E-state index is 0.103. The second-order valence-electron chi connectivity index (χ2n) is 3.90. The van der Waals surface area contributed by atoms with Crippen LogP contribution in [0.25, 0.3) is 0 Å². The lowest BCUT2D eigenvalue weighted by Crippen LogP contribution is -2.16. The van der Waals surface area contributed by atoms with Crippen molar-refractivity contribution in [3.05, 3.63) is 27.9 Å². The number of hydrogen-bond donors (Lipinski definition) is 2. The summed E-state index contributed by atoms with van der Waals surface area (Å²) in [6.45, 7) is 0. The van der Waals surface area contributed by atoms with E-state index in [-0.39, 0.29) is 11.6 Å². The Morgan fingerprint density at radius 3 is 2.50 bits per heavy atom. The molecule has 0 radical (unpaired) electrons. The number of rotatable bonds is 2. The highest BCUT2D eigenvalue weighted by Gasteiger charge is 2.37. The molecule has 2 aromatic heterocycles. The van der Waals surface area contributed by atoms with Gasteiger partial charge in [0.15, 0.2) is 0 Å². The molecule has 20 heavy (non-hydrogen) atoms. The maximum Gasteiger partial charge on any atom is 0.453 e. The molecule has 2 N–H and O–H groups in total. The van der Waals surface area contributed by atoms with E-state index in [9.17, 15) is 22.8 Å². The predicted octanol–water partition coefficient (Wildman–Crippen LogP) is 0.113. The Labute approximate surface area is 109 Å². The molecule has 2 rings (SSSR count). The minimum atomic E-state index is -4.71. The number of anilines is 1. The molecule has 0 spiro atoms. The summed E-state index contributed by atoms with van der Waals surface area (Å²) >= 11 is 0. The van der Waals surface area contributed by atoms with Crippen LogP contribution in [0.3, 0.4) is 0 Å². The molecule has 2 heterocycles. The van der Waals surface area contributed by atoms with Crippen molar-refractivity contribution in [3.63, 3.8) is 0 Å². The average Bonchev–Trinajstić information content (AvgIpc) is 2.84. The van der Waals surface area contributed by atoms with Crippen molar-refractivity contribution in [2.45, 2.75) is 6.18 Å². The lowest BCUT2D eigenvalue weighted by Gasteiger charge is -2.01. The van der Waals surface area contributed by atoms with E-state index in [1.54, 1.807) is 0 Å². The molecule has 2 aromatic rings. The molecular weight excluding hydrogens is 281 g/mol. The van der Waals surface area contributed by atoms with Gasteiger partial charge in [-0.1, -0.05) is 0 Å². The monoisotopic (exact) mass is 290 g/mol. The van der Waals surface area contributed by atoms with E-state index in [0.29, 0.717) is 0 Å². The molecule has 0 saturated carbocycles. The van der Waals surface area contributed by atoms with Gasteiger partial charge in [0.25, 0.3) is 17.3 Å². The van der Waals surface area contributed by atoms with E-state index >= 15 is 0 Å². The van der Waals surface area contributed by atoms with E-state index in [1.807, 2.05) is 0 Å². The van der Waals surface area contributed by atoms with E-state index in [0.717, 1.165) is 15.4 Å². The van der Waals surface area contributed by atoms with Gasteiger partial charge in [-0.3, -0.25) is 24.7 Å². The number of hydrogen-bond acceptors (Lipinski definition) is 4.